The Hall–Kier alpha value is -3.25. The standard InChI is InChI=1S/C20H16N4OS/c1-13-21-19(24-23-13)15-8-5-9-16(12-15)22-20(25)18-17(10-11-26-18)14-6-3-2-4-7-14/h2-12H,1H3,(H,22,25)(H,21,23,24). The van der Waals surface area contributed by atoms with Gasteiger partial charge in [-0.25, -0.2) is 4.98 Å². The fourth-order valence-corrected chi connectivity index (χ4v) is 3.54. The van der Waals surface area contributed by atoms with Crippen LogP contribution in [0.2, 0.25) is 0 Å². The molecule has 4 aromatic rings. The summed E-state index contributed by atoms with van der Waals surface area (Å²) in [6.45, 7) is 1.85. The smallest absolute Gasteiger partial charge is 0.266 e. The molecule has 6 heteroatoms. The molecule has 5 nitrogen and oxygen atoms in total. The van der Waals surface area contributed by atoms with Crippen molar-refractivity contribution in [3.8, 4) is 22.5 Å². The molecule has 0 aliphatic carbocycles. The number of carbonyl (C=O) groups is 1. The normalized spacial score (nSPS) is 10.7. The van der Waals surface area contributed by atoms with Gasteiger partial charge in [0.25, 0.3) is 5.91 Å². The predicted octanol–water partition coefficient (Wildman–Crippen LogP) is 4.76. The van der Waals surface area contributed by atoms with Crippen molar-refractivity contribution in [2.45, 2.75) is 6.92 Å². The quantitative estimate of drug-likeness (QED) is 0.551. The summed E-state index contributed by atoms with van der Waals surface area (Å²) in [4.78, 5) is 17.8. The van der Waals surface area contributed by atoms with Gasteiger partial charge in [0.15, 0.2) is 5.82 Å². The molecular formula is C20H16N4OS. The number of nitrogens with zero attached hydrogens (tertiary/aromatic N) is 2. The summed E-state index contributed by atoms with van der Waals surface area (Å²) in [6.07, 6.45) is 0. The maximum Gasteiger partial charge on any atom is 0.266 e. The number of H-pyrrole nitrogens is 1. The molecular weight excluding hydrogens is 344 g/mol. The van der Waals surface area contributed by atoms with Gasteiger partial charge in [-0.05, 0) is 36.1 Å². The van der Waals surface area contributed by atoms with Gasteiger partial charge < -0.3 is 5.32 Å². The summed E-state index contributed by atoms with van der Waals surface area (Å²) in [5, 5.41) is 11.9. The highest BCUT2D eigenvalue weighted by molar-refractivity contribution is 7.12. The zero-order valence-electron chi connectivity index (χ0n) is 14.1. The van der Waals surface area contributed by atoms with E-state index in [1.165, 1.54) is 11.3 Å². The van der Waals surface area contributed by atoms with Gasteiger partial charge in [0.1, 0.15) is 5.82 Å². The Morgan fingerprint density at radius 1 is 1.04 bits per heavy atom. The van der Waals surface area contributed by atoms with Crippen molar-refractivity contribution in [3.63, 3.8) is 0 Å². The molecule has 0 aliphatic heterocycles. The minimum absolute atomic E-state index is 0.123. The van der Waals surface area contributed by atoms with Gasteiger partial charge in [-0.2, -0.15) is 5.10 Å². The molecule has 0 bridgehead atoms. The van der Waals surface area contributed by atoms with E-state index in [1.54, 1.807) is 0 Å². The van der Waals surface area contributed by atoms with Gasteiger partial charge in [-0.3, -0.25) is 9.89 Å². The molecule has 0 aliphatic rings. The summed E-state index contributed by atoms with van der Waals surface area (Å²) >= 11 is 1.43. The average molecular weight is 360 g/mol. The van der Waals surface area contributed by atoms with Crippen LogP contribution in [0.15, 0.2) is 66.0 Å². The number of carbonyl (C=O) groups excluding carboxylic acids is 1. The lowest BCUT2D eigenvalue weighted by Gasteiger charge is -2.07. The fraction of sp³-hybridized carbons (Fsp3) is 0.0500. The van der Waals surface area contributed by atoms with E-state index in [4.69, 9.17) is 0 Å². The molecule has 0 spiro atoms. The Morgan fingerprint density at radius 3 is 2.62 bits per heavy atom. The molecule has 2 N–H and O–H groups in total. The molecule has 0 saturated carbocycles. The summed E-state index contributed by atoms with van der Waals surface area (Å²) in [5.74, 6) is 1.24. The van der Waals surface area contributed by atoms with Crippen LogP contribution in [0.3, 0.4) is 0 Å². The molecule has 0 radical (unpaired) electrons. The molecule has 0 fully saturated rings. The number of aromatic amines is 1. The molecule has 2 heterocycles. The number of amides is 1. The van der Waals surface area contributed by atoms with E-state index in [0.29, 0.717) is 16.4 Å². The molecule has 26 heavy (non-hydrogen) atoms. The number of anilines is 1. The molecule has 0 unspecified atom stereocenters. The first-order valence-electron chi connectivity index (χ1n) is 8.14. The third-order valence-electron chi connectivity index (χ3n) is 3.93. The maximum absolute atomic E-state index is 12.8. The van der Waals surface area contributed by atoms with Crippen LogP contribution < -0.4 is 5.32 Å². The van der Waals surface area contributed by atoms with Crippen LogP contribution in [-0.2, 0) is 0 Å². The van der Waals surface area contributed by atoms with Crippen LogP contribution in [-0.4, -0.2) is 21.1 Å². The Bertz CT molecular complexity index is 1050. The third-order valence-corrected chi connectivity index (χ3v) is 4.85. The van der Waals surface area contributed by atoms with Crippen molar-refractivity contribution in [1.82, 2.24) is 15.2 Å². The van der Waals surface area contributed by atoms with Crippen molar-refractivity contribution in [3.05, 3.63) is 76.7 Å². The number of thiophene rings is 1. The lowest BCUT2D eigenvalue weighted by atomic mass is 10.1. The second kappa shape index (κ2) is 6.93. The van der Waals surface area contributed by atoms with Crippen LogP contribution >= 0.6 is 11.3 Å². The van der Waals surface area contributed by atoms with Crippen LogP contribution in [0.4, 0.5) is 5.69 Å². The lowest BCUT2D eigenvalue weighted by Crippen LogP contribution is -2.11. The highest BCUT2D eigenvalue weighted by Crippen LogP contribution is 2.29. The second-order valence-electron chi connectivity index (χ2n) is 5.81. The number of rotatable bonds is 4. The summed E-state index contributed by atoms with van der Waals surface area (Å²) in [7, 11) is 0. The van der Waals surface area contributed by atoms with E-state index < -0.39 is 0 Å². The number of benzene rings is 2. The van der Waals surface area contributed by atoms with Crippen molar-refractivity contribution >= 4 is 22.9 Å². The lowest BCUT2D eigenvalue weighted by molar-refractivity contribution is 0.103. The largest absolute Gasteiger partial charge is 0.321 e. The highest BCUT2D eigenvalue weighted by Gasteiger charge is 2.15. The first-order chi connectivity index (χ1) is 12.7. The zero-order valence-corrected chi connectivity index (χ0v) is 14.9. The van der Waals surface area contributed by atoms with Gasteiger partial charge in [0.05, 0.1) is 4.88 Å². The van der Waals surface area contributed by atoms with E-state index in [1.807, 2.05) is 73.0 Å². The summed E-state index contributed by atoms with van der Waals surface area (Å²) < 4.78 is 0. The average Bonchev–Trinajstić information content (AvgIpc) is 3.32. The van der Waals surface area contributed by atoms with Crippen molar-refractivity contribution in [2.24, 2.45) is 0 Å². The van der Waals surface area contributed by atoms with Gasteiger partial charge in [0.2, 0.25) is 0 Å². The zero-order chi connectivity index (χ0) is 17.9. The van der Waals surface area contributed by atoms with Gasteiger partial charge >= 0.3 is 0 Å². The number of aryl methyl sites for hydroxylation is 1. The Balaban J connectivity index is 1.59. The van der Waals surface area contributed by atoms with Gasteiger partial charge in [-0.15, -0.1) is 11.3 Å². The minimum atomic E-state index is -0.123. The monoisotopic (exact) mass is 360 g/mol. The van der Waals surface area contributed by atoms with E-state index in [9.17, 15) is 4.79 Å². The summed E-state index contributed by atoms with van der Waals surface area (Å²) in [5.41, 5.74) is 3.53. The van der Waals surface area contributed by atoms with E-state index in [2.05, 4.69) is 20.5 Å². The maximum atomic E-state index is 12.8. The number of nitrogens with one attached hydrogen (secondary N) is 2. The number of aromatic nitrogens is 3. The molecule has 2 aromatic heterocycles. The Kier molecular flexibility index (Phi) is 4.33. The van der Waals surface area contributed by atoms with Crippen molar-refractivity contribution in [2.75, 3.05) is 5.32 Å². The topological polar surface area (TPSA) is 70.7 Å². The van der Waals surface area contributed by atoms with Crippen LogP contribution in [0.25, 0.3) is 22.5 Å². The van der Waals surface area contributed by atoms with Crippen LogP contribution in [0, 0.1) is 6.92 Å². The predicted molar refractivity (Wildman–Crippen MR) is 104 cm³/mol. The molecule has 0 saturated heterocycles. The summed E-state index contributed by atoms with van der Waals surface area (Å²) in [6, 6.07) is 19.4. The van der Waals surface area contributed by atoms with Crippen molar-refractivity contribution < 1.29 is 4.79 Å². The highest BCUT2D eigenvalue weighted by atomic mass is 32.1. The van der Waals surface area contributed by atoms with Crippen LogP contribution in [0.5, 0.6) is 0 Å². The fourth-order valence-electron chi connectivity index (χ4n) is 2.73. The Morgan fingerprint density at radius 2 is 1.85 bits per heavy atom. The third kappa shape index (κ3) is 3.27. The minimum Gasteiger partial charge on any atom is -0.321 e. The van der Waals surface area contributed by atoms with Crippen molar-refractivity contribution in [1.29, 1.82) is 0 Å². The molecule has 4 rings (SSSR count). The van der Waals surface area contributed by atoms with E-state index in [0.717, 1.165) is 22.5 Å². The molecule has 2 aromatic carbocycles. The van der Waals surface area contributed by atoms with Gasteiger partial charge in [0, 0.05) is 16.8 Å². The van der Waals surface area contributed by atoms with Crippen LogP contribution in [0.1, 0.15) is 15.5 Å². The number of hydrogen-bond donors (Lipinski definition) is 2. The van der Waals surface area contributed by atoms with E-state index >= 15 is 0 Å². The molecule has 1 amide bonds. The first-order valence-corrected chi connectivity index (χ1v) is 9.02. The first kappa shape index (κ1) is 16.2. The second-order valence-corrected chi connectivity index (χ2v) is 6.72. The van der Waals surface area contributed by atoms with Gasteiger partial charge in [-0.1, -0.05) is 42.5 Å². The molecule has 128 valence electrons. The molecule has 0 atom stereocenters. The van der Waals surface area contributed by atoms with E-state index in [-0.39, 0.29) is 5.91 Å². The SMILES string of the molecule is Cc1nc(-c2cccc(NC(=O)c3sccc3-c3ccccc3)c2)n[nH]1. The number of hydrogen-bond acceptors (Lipinski definition) is 4. The Labute approximate surface area is 154 Å².